The number of aliphatic carboxylic acids is 1. The van der Waals surface area contributed by atoms with E-state index in [0.717, 1.165) is 18.2 Å². The lowest BCUT2D eigenvalue weighted by atomic mass is 9.82. The molecule has 1 aromatic carbocycles. The number of carbonyl (C=O) groups is 2. The Balaban J connectivity index is 2.16. The molecule has 0 bridgehead atoms. The van der Waals surface area contributed by atoms with Gasteiger partial charge in [-0.05, 0) is 25.0 Å². The largest absolute Gasteiger partial charge is 0.481 e. The highest BCUT2D eigenvalue weighted by Gasteiger charge is 2.34. The number of anilines is 1. The highest BCUT2D eigenvalue weighted by Crippen LogP contribution is 2.27. The van der Waals surface area contributed by atoms with Gasteiger partial charge in [0.15, 0.2) is 0 Å². The fourth-order valence-electron chi connectivity index (χ4n) is 2.20. The Morgan fingerprint density at radius 3 is 2.45 bits per heavy atom. The number of benzene rings is 1. The summed E-state index contributed by atoms with van der Waals surface area (Å²) in [5, 5.41) is 11.3. The van der Waals surface area contributed by atoms with Gasteiger partial charge in [-0.15, -0.1) is 0 Å². The van der Waals surface area contributed by atoms with Crippen molar-refractivity contribution in [1.29, 1.82) is 0 Å². The maximum absolute atomic E-state index is 13.4. The van der Waals surface area contributed by atoms with Gasteiger partial charge in [-0.2, -0.15) is 0 Å². The lowest BCUT2D eigenvalue weighted by molar-refractivity contribution is -0.146. The Kier molecular flexibility index (Phi) is 4.12. The van der Waals surface area contributed by atoms with Crippen LogP contribution in [0.4, 0.5) is 14.5 Å². The Bertz CT molecular complexity index is 572. The quantitative estimate of drug-likeness (QED) is 0.837. The first-order valence-corrected chi connectivity index (χ1v) is 6.12. The van der Waals surface area contributed by atoms with Gasteiger partial charge >= 0.3 is 5.97 Å². The second-order valence-corrected chi connectivity index (χ2v) is 4.61. The average Bonchev–Trinajstić information content (AvgIpc) is 2.42. The van der Waals surface area contributed by atoms with Gasteiger partial charge in [0, 0.05) is 6.07 Å². The van der Waals surface area contributed by atoms with Crippen LogP contribution in [0.15, 0.2) is 30.4 Å². The molecule has 1 aliphatic carbocycles. The topological polar surface area (TPSA) is 66.4 Å². The molecule has 1 aliphatic rings. The summed E-state index contributed by atoms with van der Waals surface area (Å²) in [6.07, 6.45) is 3.93. The number of hydrogen-bond acceptors (Lipinski definition) is 2. The Hall–Kier alpha value is -2.24. The maximum atomic E-state index is 13.4. The van der Waals surface area contributed by atoms with Crippen LogP contribution < -0.4 is 5.32 Å². The summed E-state index contributed by atoms with van der Waals surface area (Å²) in [6.45, 7) is 0. The van der Waals surface area contributed by atoms with Crippen LogP contribution in [0.2, 0.25) is 0 Å². The van der Waals surface area contributed by atoms with Gasteiger partial charge in [0.05, 0.1) is 17.5 Å². The van der Waals surface area contributed by atoms with Crippen molar-refractivity contribution in [3.63, 3.8) is 0 Å². The molecule has 2 atom stereocenters. The summed E-state index contributed by atoms with van der Waals surface area (Å²) in [6, 6.07) is 2.70. The third-order valence-electron chi connectivity index (χ3n) is 3.27. The molecule has 1 aromatic rings. The Labute approximate surface area is 114 Å². The molecule has 106 valence electrons. The van der Waals surface area contributed by atoms with E-state index in [9.17, 15) is 18.4 Å². The molecule has 0 saturated heterocycles. The number of carbonyl (C=O) groups excluding carboxylic acids is 1. The van der Waals surface area contributed by atoms with Crippen molar-refractivity contribution in [3.05, 3.63) is 42.0 Å². The number of allylic oxidation sites excluding steroid dienone is 2. The standard InChI is InChI=1S/C14H13F2NO3/c15-8-5-6-11(16)12(7-8)17-13(18)9-3-1-2-4-10(9)14(19)20/h1-2,5-7,9-10H,3-4H2,(H,17,18)(H,19,20)/t9-,10+/m0/s1. The van der Waals surface area contributed by atoms with Gasteiger partial charge in [-0.25, -0.2) is 8.78 Å². The van der Waals surface area contributed by atoms with Crippen molar-refractivity contribution in [3.8, 4) is 0 Å². The van der Waals surface area contributed by atoms with Crippen molar-refractivity contribution in [2.75, 3.05) is 5.32 Å². The van der Waals surface area contributed by atoms with Gasteiger partial charge in [-0.1, -0.05) is 12.2 Å². The normalized spacial score (nSPS) is 21.5. The molecule has 0 heterocycles. The molecule has 0 radical (unpaired) electrons. The van der Waals surface area contributed by atoms with Crippen LogP contribution in [-0.2, 0) is 9.59 Å². The SMILES string of the molecule is O=C(Nc1cc(F)ccc1F)[C@H]1CC=CC[C@H]1C(=O)O. The van der Waals surface area contributed by atoms with Crippen molar-refractivity contribution >= 4 is 17.6 Å². The number of nitrogens with one attached hydrogen (secondary N) is 1. The third-order valence-corrected chi connectivity index (χ3v) is 3.27. The van der Waals surface area contributed by atoms with Gasteiger partial charge in [-0.3, -0.25) is 9.59 Å². The van der Waals surface area contributed by atoms with Crippen LogP contribution in [0.25, 0.3) is 0 Å². The number of carboxylic acid groups (broad SMARTS) is 1. The first-order valence-electron chi connectivity index (χ1n) is 6.12. The van der Waals surface area contributed by atoms with Gasteiger partial charge in [0.25, 0.3) is 0 Å². The van der Waals surface area contributed by atoms with Crippen LogP contribution in [0.3, 0.4) is 0 Å². The van der Waals surface area contributed by atoms with E-state index in [2.05, 4.69) is 5.32 Å². The van der Waals surface area contributed by atoms with E-state index in [1.807, 2.05) is 0 Å². The van der Waals surface area contributed by atoms with E-state index in [-0.39, 0.29) is 18.5 Å². The molecular formula is C14H13F2NO3. The van der Waals surface area contributed by atoms with E-state index in [0.29, 0.717) is 0 Å². The second-order valence-electron chi connectivity index (χ2n) is 4.61. The highest BCUT2D eigenvalue weighted by molar-refractivity contribution is 5.95. The minimum absolute atomic E-state index is 0.249. The molecule has 0 unspecified atom stereocenters. The summed E-state index contributed by atoms with van der Waals surface area (Å²) < 4.78 is 26.5. The molecule has 4 nitrogen and oxygen atoms in total. The summed E-state index contributed by atoms with van der Waals surface area (Å²) in [5.74, 6) is -4.78. The van der Waals surface area contributed by atoms with Gasteiger partial charge < -0.3 is 10.4 Å². The van der Waals surface area contributed by atoms with Crippen LogP contribution in [0, 0.1) is 23.5 Å². The first-order chi connectivity index (χ1) is 9.49. The lowest BCUT2D eigenvalue weighted by Crippen LogP contribution is -2.34. The van der Waals surface area contributed by atoms with Crippen LogP contribution in [0.5, 0.6) is 0 Å². The predicted octanol–water partition coefficient (Wildman–Crippen LogP) is 2.57. The van der Waals surface area contributed by atoms with E-state index in [4.69, 9.17) is 5.11 Å². The van der Waals surface area contributed by atoms with Crippen molar-refractivity contribution in [2.45, 2.75) is 12.8 Å². The molecule has 0 spiro atoms. The number of rotatable bonds is 3. The minimum Gasteiger partial charge on any atom is -0.481 e. The number of hydrogen-bond donors (Lipinski definition) is 2. The van der Waals surface area contributed by atoms with Crippen molar-refractivity contribution < 1.29 is 23.5 Å². The number of amides is 1. The van der Waals surface area contributed by atoms with Crippen LogP contribution in [0.1, 0.15) is 12.8 Å². The smallest absolute Gasteiger partial charge is 0.307 e. The fraction of sp³-hybridized carbons (Fsp3) is 0.286. The molecule has 0 saturated carbocycles. The zero-order chi connectivity index (χ0) is 14.7. The predicted molar refractivity (Wildman–Crippen MR) is 68.0 cm³/mol. The Morgan fingerprint density at radius 1 is 1.15 bits per heavy atom. The van der Waals surface area contributed by atoms with E-state index >= 15 is 0 Å². The minimum atomic E-state index is -1.07. The number of carboxylic acids is 1. The molecule has 2 N–H and O–H groups in total. The summed E-state index contributed by atoms with van der Waals surface area (Å²) in [4.78, 5) is 23.1. The molecule has 2 rings (SSSR count). The lowest BCUT2D eigenvalue weighted by Gasteiger charge is -2.24. The molecule has 0 aromatic heterocycles. The molecule has 0 aliphatic heterocycles. The summed E-state index contributed by atoms with van der Waals surface area (Å²) in [7, 11) is 0. The van der Waals surface area contributed by atoms with E-state index in [1.54, 1.807) is 12.2 Å². The second kappa shape index (κ2) is 5.81. The van der Waals surface area contributed by atoms with Crippen molar-refractivity contribution in [2.24, 2.45) is 11.8 Å². The van der Waals surface area contributed by atoms with Crippen LogP contribution >= 0.6 is 0 Å². The molecular weight excluding hydrogens is 268 g/mol. The van der Waals surface area contributed by atoms with E-state index in [1.165, 1.54) is 0 Å². The van der Waals surface area contributed by atoms with Crippen molar-refractivity contribution in [1.82, 2.24) is 0 Å². The van der Waals surface area contributed by atoms with Gasteiger partial charge in [0.2, 0.25) is 5.91 Å². The van der Waals surface area contributed by atoms with Crippen LogP contribution in [-0.4, -0.2) is 17.0 Å². The molecule has 0 fully saturated rings. The van der Waals surface area contributed by atoms with Gasteiger partial charge in [0.1, 0.15) is 11.6 Å². The molecule has 6 heteroatoms. The average molecular weight is 281 g/mol. The van der Waals surface area contributed by atoms with E-state index < -0.39 is 35.3 Å². The zero-order valence-corrected chi connectivity index (χ0v) is 10.5. The molecule has 20 heavy (non-hydrogen) atoms. The summed E-state index contributed by atoms with van der Waals surface area (Å²) >= 11 is 0. The summed E-state index contributed by atoms with van der Waals surface area (Å²) in [5.41, 5.74) is -0.284. The fourth-order valence-corrected chi connectivity index (χ4v) is 2.20. The Morgan fingerprint density at radius 2 is 1.80 bits per heavy atom. The number of halogens is 2. The molecule has 1 amide bonds. The third kappa shape index (κ3) is 3.01. The first kappa shape index (κ1) is 14.2. The maximum Gasteiger partial charge on any atom is 0.307 e. The monoisotopic (exact) mass is 281 g/mol. The zero-order valence-electron chi connectivity index (χ0n) is 10.5. The highest BCUT2D eigenvalue weighted by atomic mass is 19.1.